The number of methoxy groups -OCH3 is 1. The molecule has 2 aromatic carbocycles. The number of hydrogen-bond donors (Lipinski definition) is 1. The van der Waals surface area contributed by atoms with Gasteiger partial charge in [-0.2, -0.15) is 13.2 Å². The van der Waals surface area contributed by atoms with Crippen molar-refractivity contribution in [1.82, 2.24) is 0 Å². The molecule has 2 aromatic rings. The number of ether oxygens (including phenoxy) is 2. The summed E-state index contributed by atoms with van der Waals surface area (Å²) >= 11 is 0. The molecule has 0 spiro atoms. The van der Waals surface area contributed by atoms with Crippen LogP contribution in [0.15, 0.2) is 36.4 Å². The summed E-state index contributed by atoms with van der Waals surface area (Å²) in [4.78, 5) is 11.6. The molecule has 0 radical (unpaired) electrons. The average Bonchev–Trinajstić information content (AvgIpc) is 2.49. The van der Waals surface area contributed by atoms with E-state index in [0.29, 0.717) is 5.56 Å². The minimum absolute atomic E-state index is 0.0191. The number of aryl methyl sites for hydroxylation is 1. The second kappa shape index (κ2) is 6.20. The summed E-state index contributed by atoms with van der Waals surface area (Å²) in [5, 5.41) is 0. The Bertz CT molecular complexity index is 742. The summed E-state index contributed by atoms with van der Waals surface area (Å²) in [5.74, 6) is -1.01. The van der Waals surface area contributed by atoms with E-state index < -0.39 is 17.7 Å². The first-order valence-electron chi connectivity index (χ1n) is 6.56. The van der Waals surface area contributed by atoms with Crippen molar-refractivity contribution < 1.29 is 27.4 Å². The second-order valence-electron chi connectivity index (χ2n) is 4.84. The van der Waals surface area contributed by atoms with Gasteiger partial charge in [0.05, 0.1) is 18.2 Å². The fraction of sp³-hybridized carbons (Fsp3) is 0.188. The van der Waals surface area contributed by atoms with E-state index in [-0.39, 0.29) is 22.7 Å². The van der Waals surface area contributed by atoms with Gasteiger partial charge in [0.15, 0.2) is 0 Å². The number of anilines is 1. The van der Waals surface area contributed by atoms with Gasteiger partial charge < -0.3 is 15.2 Å². The Labute approximate surface area is 130 Å². The molecular formula is C16H14F3NO3. The highest BCUT2D eigenvalue weighted by atomic mass is 19.4. The van der Waals surface area contributed by atoms with E-state index in [4.69, 9.17) is 10.5 Å². The van der Waals surface area contributed by atoms with Crippen LogP contribution in [0.1, 0.15) is 21.5 Å². The van der Waals surface area contributed by atoms with Crippen LogP contribution < -0.4 is 10.5 Å². The number of carbonyl (C=O) groups excluding carboxylic acids is 1. The van der Waals surface area contributed by atoms with E-state index in [9.17, 15) is 18.0 Å². The van der Waals surface area contributed by atoms with Gasteiger partial charge in [0.2, 0.25) is 0 Å². The van der Waals surface area contributed by atoms with Crippen molar-refractivity contribution in [3.63, 3.8) is 0 Å². The van der Waals surface area contributed by atoms with Gasteiger partial charge in [0, 0.05) is 5.69 Å². The maximum Gasteiger partial charge on any atom is 0.419 e. The van der Waals surface area contributed by atoms with E-state index in [1.165, 1.54) is 37.4 Å². The molecule has 0 aliphatic heterocycles. The fourth-order valence-corrected chi connectivity index (χ4v) is 1.97. The SMILES string of the molecule is COC(=O)c1cc(Oc2ccc(C)cc2C(F)(F)F)ccc1N. The molecule has 0 aliphatic rings. The first-order chi connectivity index (χ1) is 10.7. The number of alkyl halides is 3. The molecule has 0 heterocycles. The highest BCUT2D eigenvalue weighted by Gasteiger charge is 2.34. The molecule has 0 atom stereocenters. The molecule has 0 aromatic heterocycles. The Hall–Kier alpha value is -2.70. The third-order valence-electron chi connectivity index (χ3n) is 3.10. The topological polar surface area (TPSA) is 61.5 Å². The minimum Gasteiger partial charge on any atom is -0.465 e. The summed E-state index contributed by atoms with van der Waals surface area (Å²) in [6.45, 7) is 1.55. The molecule has 23 heavy (non-hydrogen) atoms. The molecule has 0 bridgehead atoms. The lowest BCUT2D eigenvalue weighted by Crippen LogP contribution is -2.08. The number of nitrogens with two attached hydrogens (primary N) is 1. The summed E-state index contributed by atoms with van der Waals surface area (Å²) in [5.41, 5.74) is 5.37. The smallest absolute Gasteiger partial charge is 0.419 e. The highest BCUT2D eigenvalue weighted by molar-refractivity contribution is 5.95. The number of hydrogen-bond acceptors (Lipinski definition) is 4. The van der Waals surface area contributed by atoms with Crippen LogP contribution in [-0.2, 0) is 10.9 Å². The number of esters is 1. The van der Waals surface area contributed by atoms with Crippen molar-refractivity contribution in [2.45, 2.75) is 13.1 Å². The lowest BCUT2D eigenvalue weighted by Gasteiger charge is -2.15. The molecule has 0 aliphatic carbocycles. The molecule has 0 fully saturated rings. The molecule has 2 rings (SSSR count). The van der Waals surface area contributed by atoms with Gasteiger partial charge in [-0.25, -0.2) is 4.79 Å². The van der Waals surface area contributed by atoms with Crippen molar-refractivity contribution in [2.24, 2.45) is 0 Å². The predicted molar refractivity (Wildman–Crippen MR) is 78.4 cm³/mol. The fourth-order valence-electron chi connectivity index (χ4n) is 1.97. The van der Waals surface area contributed by atoms with E-state index in [2.05, 4.69) is 4.74 Å². The van der Waals surface area contributed by atoms with Gasteiger partial charge in [-0.3, -0.25) is 0 Å². The molecule has 2 N–H and O–H groups in total. The first-order valence-corrected chi connectivity index (χ1v) is 6.56. The van der Waals surface area contributed by atoms with Crippen molar-refractivity contribution in [2.75, 3.05) is 12.8 Å². The van der Waals surface area contributed by atoms with Crippen molar-refractivity contribution in [3.05, 3.63) is 53.1 Å². The number of halogens is 3. The monoisotopic (exact) mass is 325 g/mol. The predicted octanol–water partition coefficient (Wildman–Crippen LogP) is 4.17. The van der Waals surface area contributed by atoms with Crippen molar-refractivity contribution in [3.8, 4) is 11.5 Å². The Morgan fingerprint density at radius 3 is 2.43 bits per heavy atom. The molecule has 7 heteroatoms. The third-order valence-corrected chi connectivity index (χ3v) is 3.10. The van der Waals surface area contributed by atoms with Gasteiger partial charge in [0.1, 0.15) is 11.5 Å². The molecule has 0 saturated carbocycles. The molecule has 0 unspecified atom stereocenters. The number of carbonyl (C=O) groups is 1. The summed E-state index contributed by atoms with van der Waals surface area (Å²) in [6.07, 6.45) is -4.56. The van der Waals surface area contributed by atoms with Crippen LogP contribution in [0.3, 0.4) is 0 Å². The Morgan fingerprint density at radius 2 is 1.83 bits per heavy atom. The van der Waals surface area contributed by atoms with Crippen LogP contribution in [0.5, 0.6) is 11.5 Å². The number of rotatable bonds is 3. The van der Waals surface area contributed by atoms with Crippen LogP contribution in [0.2, 0.25) is 0 Å². The lowest BCUT2D eigenvalue weighted by molar-refractivity contribution is -0.138. The Morgan fingerprint density at radius 1 is 1.13 bits per heavy atom. The Balaban J connectivity index is 2.42. The van der Waals surface area contributed by atoms with Gasteiger partial charge >= 0.3 is 12.1 Å². The van der Waals surface area contributed by atoms with Gasteiger partial charge in [-0.1, -0.05) is 11.6 Å². The second-order valence-corrected chi connectivity index (χ2v) is 4.84. The first kappa shape index (κ1) is 16.7. The maximum atomic E-state index is 13.1. The summed E-state index contributed by atoms with van der Waals surface area (Å²) in [7, 11) is 1.18. The zero-order valence-corrected chi connectivity index (χ0v) is 12.4. The number of nitrogen functional groups attached to an aromatic ring is 1. The summed E-state index contributed by atoms with van der Waals surface area (Å²) in [6, 6.07) is 7.70. The standard InChI is InChI=1S/C16H14F3NO3/c1-9-3-6-14(12(7-9)16(17,18)19)23-10-4-5-13(20)11(8-10)15(21)22-2/h3-8H,20H2,1-2H3. The largest absolute Gasteiger partial charge is 0.465 e. The summed E-state index contributed by atoms with van der Waals surface area (Å²) < 4.78 is 49.1. The Kier molecular flexibility index (Phi) is 4.49. The zero-order valence-electron chi connectivity index (χ0n) is 12.4. The van der Waals surface area contributed by atoms with E-state index >= 15 is 0 Å². The van der Waals surface area contributed by atoms with Crippen LogP contribution >= 0.6 is 0 Å². The van der Waals surface area contributed by atoms with Gasteiger partial charge in [-0.05, 0) is 37.3 Å². The molecule has 0 saturated heterocycles. The maximum absolute atomic E-state index is 13.1. The highest BCUT2D eigenvalue weighted by Crippen LogP contribution is 2.39. The van der Waals surface area contributed by atoms with Crippen molar-refractivity contribution in [1.29, 1.82) is 0 Å². The van der Waals surface area contributed by atoms with Crippen LogP contribution in [0.25, 0.3) is 0 Å². The number of benzene rings is 2. The van der Waals surface area contributed by atoms with Crippen LogP contribution in [-0.4, -0.2) is 13.1 Å². The zero-order chi connectivity index (χ0) is 17.2. The molecule has 0 amide bonds. The average molecular weight is 325 g/mol. The van der Waals surface area contributed by atoms with Crippen LogP contribution in [0.4, 0.5) is 18.9 Å². The minimum atomic E-state index is -4.56. The molecule has 4 nitrogen and oxygen atoms in total. The van der Waals surface area contributed by atoms with E-state index in [1.54, 1.807) is 6.92 Å². The molecular weight excluding hydrogens is 311 g/mol. The normalized spacial score (nSPS) is 11.2. The van der Waals surface area contributed by atoms with Crippen molar-refractivity contribution >= 4 is 11.7 Å². The van der Waals surface area contributed by atoms with E-state index in [0.717, 1.165) is 6.07 Å². The quantitative estimate of drug-likeness (QED) is 0.679. The molecule has 122 valence electrons. The third kappa shape index (κ3) is 3.74. The van der Waals surface area contributed by atoms with Crippen LogP contribution in [0, 0.1) is 6.92 Å². The lowest BCUT2D eigenvalue weighted by atomic mass is 10.1. The van der Waals surface area contributed by atoms with E-state index in [1.807, 2.05) is 0 Å². The van der Waals surface area contributed by atoms with Gasteiger partial charge in [-0.15, -0.1) is 0 Å². The van der Waals surface area contributed by atoms with Gasteiger partial charge in [0.25, 0.3) is 0 Å².